The molecule has 4 nitrogen and oxygen atoms in total. The molecule has 5 heteroatoms. The SMILES string of the molecule is O=C(OCc1ccc(-n2cccn2)cc1)C1Cc2ccccc2S1. The molecule has 0 radical (unpaired) electrons. The molecule has 1 unspecified atom stereocenters. The van der Waals surface area contributed by atoms with E-state index >= 15 is 0 Å². The maximum absolute atomic E-state index is 12.3. The fourth-order valence-corrected chi connectivity index (χ4v) is 3.92. The highest BCUT2D eigenvalue weighted by Crippen LogP contribution is 2.37. The average Bonchev–Trinajstić information content (AvgIpc) is 3.29. The summed E-state index contributed by atoms with van der Waals surface area (Å²) in [6, 6.07) is 17.9. The topological polar surface area (TPSA) is 44.1 Å². The van der Waals surface area contributed by atoms with Crippen LogP contribution in [0.3, 0.4) is 0 Å². The maximum Gasteiger partial charge on any atom is 0.320 e. The Morgan fingerprint density at radius 1 is 1.17 bits per heavy atom. The largest absolute Gasteiger partial charge is 0.460 e. The zero-order valence-corrected chi connectivity index (χ0v) is 13.8. The average molecular weight is 336 g/mol. The fraction of sp³-hybridized carbons (Fsp3) is 0.158. The first-order valence-electron chi connectivity index (χ1n) is 7.80. The van der Waals surface area contributed by atoms with Crippen molar-refractivity contribution in [2.75, 3.05) is 0 Å². The summed E-state index contributed by atoms with van der Waals surface area (Å²) >= 11 is 1.59. The zero-order valence-electron chi connectivity index (χ0n) is 13.0. The number of thioether (sulfide) groups is 1. The number of hydrogen-bond acceptors (Lipinski definition) is 4. The van der Waals surface area contributed by atoms with Gasteiger partial charge in [-0.1, -0.05) is 30.3 Å². The van der Waals surface area contributed by atoms with Crippen LogP contribution in [0.15, 0.2) is 71.9 Å². The van der Waals surface area contributed by atoms with E-state index in [4.69, 9.17) is 4.74 Å². The van der Waals surface area contributed by atoms with E-state index in [1.165, 1.54) is 10.5 Å². The van der Waals surface area contributed by atoms with E-state index in [0.717, 1.165) is 17.7 Å². The molecular weight excluding hydrogens is 320 g/mol. The molecule has 24 heavy (non-hydrogen) atoms. The molecule has 0 aliphatic carbocycles. The molecule has 0 saturated heterocycles. The van der Waals surface area contributed by atoms with Gasteiger partial charge in [-0.05, 0) is 41.8 Å². The van der Waals surface area contributed by atoms with Gasteiger partial charge in [0.25, 0.3) is 0 Å². The Bertz CT molecular complexity index is 819. The monoisotopic (exact) mass is 336 g/mol. The highest BCUT2D eigenvalue weighted by Gasteiger charge is 2.29. The number of carbonyl (C=O) groups is 1. The minimum Gasteiger partial charge on any atom is -0.460 e. The van der Waals surface area contributed by atoms with Crippen molar-refractivity contribution in [3.05, 3.63) is 78.1 Å². The summed E-state index contributed by atoms with van der Waals surface area (Å²) in [5.74, 6) is -0.146. The Kier molecular flexibility index (Phi) is 4.09. The van der Waals surface area contributed by atoms with Crippen LogP contribution in [-0.4, -0.2) is 21.0 Å². The normalized spacial score (nSPS) is 15.9. The molecule has 0 N–H and O–H groups in total. The number of aromatic nitrogens is 2. The summed E-state index contributed by atoms with van der Waals surface area (Å²) in [5.41, 5.74) is 3.18. The highest BCUT2D eigenvalue weighted by atomic mass is 32.2. The summed E-state index contributed by atoms with van der Waals surface area (Å²) < 4.78 is 7.29. The smallest absolute Gasteiger partial charge is 0.320 e. The van der Waals surface area contributed by atoms with E-state index in [9.17, 15) is 4.79 Å². The lowest BCUT2D eigenvalue weighted by Crippen LogP contribution is -2.19. The van der Waals surface area contributed by atoms with Crippen molar-refractivity contribution >= 4 is 17.7 Å². The van der Waals surface area contributed by atoms with Crippen LogP contribution in [0.1, 0.15) is 11.1 Å². The van der Waals surface area contributed by atoms with Gasteiger partial charge >= 0.3 is 5.97 Å². The molecule has 0 saturated carbocycles. The number of ether oxygens (including phenoxy) is 1. The van der Waals surface area contributed by atoms with Crippen molar-refractivity contribution < 1.29 is 9.53 Å². The Balaban J connectivity index is 1.35. The van der Waals surface area contributed by atoms with Crippen LogP contribution in [0.5, 0.6) is 0 Å². The van der Waals surface area contributed by atoms with Crippen molar-refractivity contribution in [2.45, 2.75) is 23.2 Å². The number of fused-ring (bicyclic) bond motifs is 1. The second-order valence-electron chi connectivity index (χ2n) is 5.64. The molecule has 2 heterocycles. The summed E-state index contributed by atoms with van der Waals surface area (Å²) in [7, 11) is 0. The lowest BCUT2D eigenvalue weighted by Gasteiger charge is -2.10. The fourth-order valence-electron chi connectivity index (χ4n) is 2.73. The van der Waals surface area contributed by atoms with E-state index in [1.807, 2.05) is 48.7 Å². The second kappa shape index (κ2) is 6.53. The van der Waals surface area contributed by atoms with Crippen molar-refractivity contribution in [1.29, 1.82) is 0 Å². The van der Waals surface area contributed by atoms with Crippen LogP contribution >= 0.6 is 11.8 Å². The van der Waals surface area contributed by atoms with E-state index in [0.29, 0.717) is 6.61 Å². The molecule has 1 aliphatic heterocycles. The van der Waals surface area contributed by atoms with Crippen molar-refractivity contribution in [2.24, 2.45) is 0 Å². The molecule has 0 fully saturated rings. The molecule has 0 bridgehead atoms. The van der Waals surface area contributed by atoms with Crippen LogP contribution in [-0.2, 0) is 22.6 Å². The molecular formula is C19H16N2O2S. The number of rotatable bonds is 4. The van der Waals surface area contributed by atoms with Crippen LogP contribution < -0.4 is 0 Å². The predicted molar refractivity (Wildman–Crippen MR) is 93.2 cm³/mol. The first-order chi connectivity index (χ1) is 11.8. The minimum atomic E-state index is -0.146. The second-order valence-corrected chi connectivity index (χ2v) is 6.89. The number of nitrogens with zero attached hydrogens (tertiary/aromatic N) is 2. The Morgan fingerprint density at radius 3 is 2.75 bits per heavy atom. The number of esters is 1. The quantitative estimate of drug-likeness (QED) is 0.683. The lowest BCUT2D eigenvalue weighted by atomic mass is 10.1. The van der Waals surface area contributed by atoms with Crippen LogP contribution in [0.4, 0.5) is 0 Å². The standard InChI is InChI=1S/C19H16N2O2S/c22-19(18-12-15-4-1-2-5-17(15)24-18)23-13-14-6-8-16(9-7-14)21-11-3-10-20-21/h1-11,18H,12-13H2. The summed E-state index contributed by atoms with van der Waals surface area (Å²) in [4.78, 5) is 13.5. The van der Waals surface area contributed by atoms with E-state index in [1.54, 1.807) is 22.6 Å². The molecule has 0 spiro atoms. The zero-order chi connectivity index (χ0) is 16.4. The number of benzene rings is 2. The van der Waals surface area contributed by atoms with Gasteiger partial charge in [-0.3, -0.25) is 4.79 Å². The number of hydrogen-bond donors (Lipinski definition) is 0. The van der Waals surface area contributed by atoms with Gasteiger partial charge in [-0.2, -0.15) is 5.10 Å². The van der Waals surface area contributed by atoms with Gasteiger partial charge in [0.05, 0.1) is 5.69 Å². The van der Waals surface area contributed by atoms with Crippen molar-refractivity contribution in [3.63, 3.8) is 0 Å². The first-order valence-corrected chi connectivity index (χ1v) is 8.68. The van der Waals surface area contributed by atoms with Gasteiger partial charge in [-0.25, -0.2) is 4.68 Å². The molecule has 1 aliphatic rings. The van der Waals surface area contributed by atoms with Crippen molar-refractivity contribution in [3.8, 4) is 5.69 Å². The predicted octanol–water partition coefficient (Wildman–Crippen LogP) is 3.63. The summed E-state index contributed by atoms with van der Waals surface area (Å²) in [6.45, 7) is 0.297. The summed E-state index contributed by atoms with van der Waals surface area (Å²) in [6.07, 6.45) is 4.38. The van der Waals surface area contributed by atoms with Gasteiger partial charge in [0.15, 0.2) is 0 Å². The van der Waals surface area contributed by atoms with E-state index in [2.05, 4.69) is 17.2 Å². The molecule has 2 aromatic carbocycles. The molecule has 1 aromatic heterocycles. The van der Waals surface area contributed by atoms with E-state index in [-0.39, 0.29) is 11.2 Å². The first kappa shape index (κ1) is 15.0. The summed E-state index contributed by atoms with van der Waals surface area (Å²) in [5, 5.41) is 4.06. The Labute approximate surface area is 144 Å². The van der Waals surface area contributed by atoms with Crippen LogP contribution in [0.2, 0.25) is 0 Å². The minimum absolute atomic E-state index is 0.134. The van der Waals surface area contributed by atoms with Gasteiger partial charge in [0.2, 0.25) is 0 Å². The van der Waals surface area contributed by atoms with Crippen LogP contribution in [0, 0.1) is 0 Å². The van der Waals surface area contributed by atoms with E-state index < -0.39 is 0 Å². The van der Waals surface area contributed by atoms with Gasteiger partial charge in [-0.15, -0.1) is 11.8 Å². The third-order valence-corrected chi connectivity index (χ3v) is 5.29. The molecule has 0 amide bonds. The van der Waals surface area contributed by atoms with Crippen LogP contribution in [0.25, 0.3) is 5.69 Å². The Morgan fingerprint density at radius 2 is 2.00 bits per heavy atom. The highest BCUT2D eigenvalue weighted by molar-refractivity contribution is 8.01. The third kappa shape index (κ3) is 3.08. The van der Waals surface area contributed by atoms with Crippen molar-refractivity contribution in [1.82, 2.24) is 9.78 Å². The maximum atomic E-state index is 12.3. The molecule has 1 atom stereocenters. The molecule has 4 rings (SSSR count). The Hall–Kier alpha value is -2.53. The van der Waals surface area contributed by atoms with Gasteiger partial charge in [0, 0.05) is 17.3 Å². The lowest BCUT2D eigenvalue weighted by molar-refractivity contribution is -0.144. The van der Waals surface area contributed by atoms with Gasteiger partial charge < -0.3 is 4.74 Å². The number of carbonyl (C=O) groups excluding carboxylic acids is 1. The molecule has 120 valence electrons. The van der Waals surface area contributed by atoms with Gasteiger partial charge in [0.1, 0.15) is 11.9 Å². The third-order valence-electron chi connectivity index (χ3n) is 4.00. The molecule has 3 aromatic rings.